The van der Waals surface area contributed by atoms with E-state index in [0.29, 0.717) is 21.4 Å². The lowest BCUT2D eigenvalue weighted by molar-refractivity contribution is -0.156. The fourth-order valence-electron chi connectivity index (χ4n) is 5.00. The SMILES string of the molecule is CC(C)(C)OC(=O)Cn1ccc(Br)n1.Cc1ccc(C=O)c(-c2ccn(CC(=O)OC(C)(C)C)n2)c1.Cc1ccc(C=O)c(B2OC(C)(C)C(C)(C)O2)c1. The van der Waals surface area contributed by atoms with Crippen molar-refractivity contribution < 1.29 is 38.0 Å². The van der Waals surface area contributed by atoms with Crippen LogP contribution in [0.1, 0.15) is 101 Å². The van der Waals surface area contributed by atoms with Crippen molar-refractivity contribution in [3.05, 3.63) is 87.8 Å². The summed E-state index contributed by atoms with van der Waals surface area (Å²) >= 11 is 3.20. The second-order valence-corrected chi connectivity index (χ2v) is 16.8. The Morgan fingerprint density at radius 1 is 0.741 bits per heavy atom. The van der Waals surface area contributed by atoms with Crippen LogP contribution >= 0.6 is 15.9 Å². The van der Waals surface area contributed by atoms with Gasteiger partial charge in [-0.15, -0.1) is 0 Å². The zero-order valence-corrected chi connectivity index (χ0v) is 34.9. The van der Waals surface area contributed by atoms with Crippen molar-refractivity contribution in [3.8, 4) is 11.3 Å². The molecule has 0 aliphatic carbocycles. The van der Waals surface area contributed by atoms with Crippen LogP contribution in [0.15, 0.2) is 65.5 Å². The first kappa shape index (κ1) is 44.0. The van der Waals surface area contributed by atoms with E-state index in [-0.39, 0.29) is 36.2 Å². The predicted octanol–water partition coefficient (Wildman–Crippen LogP) is 7.11. The largest absolute Gasteiger partial charge is 0.495 e. The molecule has 0 radical (unpaired) electrons. The van der Waals surface area contributed by atoms with Crippen LogP contribution in [0.4, 0.5) is 0 Å². The van der Waals surface area contributed by atoms with Crippen LogP contribution < -0.4 is 5.46 Å². The van der Waals surface area contributed by atoms with Gasteiger partial charge in [-0.2, -0.15) is 10.2 Å². The van der Waals surface area contributed by atoms with Crippen molar-refractivity contribution in [2.45, 2.75) is 119 Å². The van der Waals surface area contributed by atoms with E-state index in [1.165, 1.54) is 9.36 Å². The highest BCUT2D eigenvalue weighted by atomic mass is 79.9. The Kier molecular flexibility index (Phi) is 14.5. The zero-order valence-electron chi connectivity index (χ0n) is 33.4. The van der Waals surface area contributed by atoms with Crippen LogP contribution in [-0.2, 0) is 41.5 Å². The highest BCUT2D eigenvalue weighted by Crippen LogP contribution is 2.36. The van der Waals surface area contributed by atoms with Crippen LogP contribution in [0.2, 0.25) is 0 Å². The molecule has 0 unspecified atom stereocenters. The summed E-state index contributed by atoms with van der Waals surface area (Å²) in [6.45, 7) is 23.1. The Morgan fingerprint density at radius 3 is 1.67 bits per heavy atom. The molecule has 0 bridgehead atoms. The van der Waals surface area contributed by atoms with Gasteiger partial charge in [0.15, 0.2) is 6.29 Å². The standard InChI is InChI=1S/C17H20N2O3.C14H19BO3.C9H13BrN2O2/c1-12-5-6-13(11-20)14(9-12)15-7-8-19(18-15)10-16(21)22-17(2,3)4;1-10-6-7-11(9-16)12(8-10)15-17-13(2,3)14(4,5)18-15;1-9(2,3)14-8(13)6-12-5-4-7(10)11-12/h5-9,11H,10H2,1-4H3;6-9H,1-5H3;4-5H,6H2,1-3H3. The lowest BCUT2D eigenvalue weighted by atomic mass is 9.75. The maximum atomic E-state index is 11.8. The van der Waals surface area contributed by atoms with Gasteiger partial charge in [-0.05, 0) is 123 Å². The average molecular weight is 808 g/mol. The van der Waals surface area contributed by atoms with Crippen molar-refractivity contribution in [2.24, 2.45) is 0 Å². The number of nitrogens with zero attached hydrogens (tertiary/aromatic N) is 4. The molecule has 290 valence electrons. The molecule has 0 saturated carbocycles. The summed E-state index contributed by atoms with van der Waals surface area (Å²) in [5.74, 6) is -0.630. The number of esters is 2. The van der Waals surface area contributed by atoms with Crippen LogP contribution in [0, 0.1) is 13.8 Å². The Balaban J connectivity index is 0.000000224. The monoisotopic (exact) mass is 806 g/mol. The molecule has 5 rings (SSSR count). The summed E-state index contributed by atoms with van der Waals surface area (Å²) in [6.07, 6.45) is 5.08. The van der Waals surface area contributed by atoms with Gasteiger partial charge < -0.3 is 18.8 Å². The summed E-state index contributed by atoms with van der Waals surface area (Å²) in [6, 6.07) is 14.8. The van der Waals surface area contributed by atoms with Crippen molar-refractivity contribution in [3.63, 3.8) is 0 Å². The summed E-state index contributed by atoms with van der Waals surface area (Å²) < 4.78 is 26.1. The maximum Gasteiger partial charge on any atom is 0.495 e. The molecule has 3 heterocycles. The molecule has 1 aliphatic heterocycles. The molecular formula is C40H52BBrN4O8. The minimum absolute atomic E-state index is 0.0412. The number of aryl methyl sites for hydroxylation is 2. The molecule has 2 aromatic heterocycles. The molecule has 1 aliphatic rings. The van der Waals surface area contributed by atoms with Crippen LogP contribution in [0.3, 0.4) is 0 Å². The minimum atomic E-state index is -0.520. The fraction of sp³-hybridized carbons (Fsp3) is 0.450. The van der Waals surface area contributed by atoms with Gasteiger partial charge >= 0.3 is 19.1 Å². The molecule has 14 heteroatoms. The summed E-state index contributed by atoms with van der Waals surface area (Å²) in [7, 11) is -0.477. The predicted molar refractivity (Wildman–Crippen MR) is 212 cm³/mol. The quantitative estimate of drug-likeness (QED) is 0.103. The van der Waals surface area contributed by atoms with E-state index >= 15 is 0 Å². The van der Waals surface area contributed by atoms with Gasteiger partial charge in [0, 0.05) is 29.1 Å². The number of benzene rings is 2. The number of carbonyl (C=O) groups excluding carboxylic acids is 4. The molecule has 0 spiro atoms. The van der Waals surface area contributed by atoms with Gasteiger partial charge in [0.1, 0.15) is 35.2 Å². The summed E-state index contributed by atoms with van der Waals surface area (Å²) in [5, 5.41) is 8.37. The molecule has 2 aromatic carbocycles. The Morgan fingerprint density at radius 2 is 1.20 bits per heavy atom. The first-order valence-corrected chi connectivity index (χ1v) is 18.3. The first-order valence-electron chi connectivity index (χ1n) is 17.6. The van der Waals surface area contributed by atoms with Gasteiger partial charge in [-0.3, -0.25) is 28.5 Å². The highest BCUT2D eigenvalue weighted by molar-refractivity contribution is 9.10. The number of halogens is 1. The van der Waals surface area contributed by atoms with Crippen molar-refractivity contribution >= 4 is 53.0 Å². The van der Waals surface area contributed by atoms with E-state index in [4.69, 9.17) is 18.8 Å². The van der Waals surface area contributed by atoms with E-state index in [2.05, 4.69) is 26.1 Å². The third-order valence-electron chi connectivity index (χ3n) is 8.16. The fourth-order valence-corrected chi connectivity index (χ4v) is 5.32. The first-order chi connectivity index (χ1) is 24.9. The Bertz CT molecular complexity index is 1920. The van der Waals surface area contributed by atoms with Gasteiger partial charge in [0.25, 0.3) is 0 Å². The smallest absolute Gasteiger partial charge is 0.459 e. The van der Waals surface area contributed by atoms with E-state index in [1.807, 2.05) is 113 Å². The highest BCUT2D eigenvalue weighted by Gasteiger charge is 2.52. The molecule has 4 aromatic rings. The van der Waals surface area contributed by atoms with E-state index < -0.39 is 18.3 Å². The van der Waals surface area contributed by atoms with Crippen LogP contribution in [-0.4, -0.2) is 73.6 Å². The maximum absolute atomic E-state index is 11.8. The zero-order chi connectivity index (χ0) is 40.6. The van der Waals surface area contributed by atoms with E-state index in [1.54, 1.807) is 30.6 Å². The number of hydrogen-bond acceptors (Lipinski definition) is 10. The third kappa shape index (κ3) is 13.2. The van der Waals surface area contributed by atoms with E-state index in [0.717, 1.165) is 34.7 Å². The number of hydrogen-bond donors (Lipinski definition) is 0. The summed E-state index contributed by atoms with van der Waals surface area (Å²) in [5.41, 5.74) is 3.83. The lowest BCUT2D eigenvalue weighted by Gasteiger charge is -2.32. The lowest BCUT2D eigenvalue weighted by Crippen LogP contribution is -2.41. The molecule has 1 saturated heterocycles. The minimum Gasteiger partial charge on any atom is -0.459 e. The van der Waals surface area contributed by atoms with Gasteiger partial charge in [-0.25, -0.2) is 0 Å². The molecule has 0 amide bonds. The number of aldehydes is 2. The third-order valence-corrected chi connectivity index (χ3v) is 8.58. The van der Waals surface area contributed by atoms with Crippen molar-refractivity contribution in [1.82, 2.24) is 19.6 Å². The molecule has 54 heavy (non-hydrogen) atoms. The normalized spacial score (nSPS) is 14.6. The second kappa shape index (κ2) is 17.8. The van der Waals surface area contributed by atoms with Crippen LogP contribution in [0.5, 0.6) is 0 Å². The number of ether oxygens (including phenoxy) is 2. The average Bonchev–Trinajstić information content (AvgIpc) is 3.72. The molecule has 0 atom stereocenters. The number of aromatic nitrogens is 4. The number of rotatable bonds is 8. The van der Waals surface area contributed by atoms with Gasteiger partial charge in [-0.1, -0.05) is 41.5 Å². The van der Waals surface area contributed by atoms with Gasteiger partial charge in [0.05, 0.1) is 16.9 Å². The topological polar surface area (TPSA) is 141 Å². The summed E-state index contributed by atoms with van der Waals surface area (Å²) in [4.78, 5) is 45.4. The second-order valence-electron chi connectivity index (χ2n) is 16.0. The van der Waals surface area contributed by atoms with Gasteiger partial charge in [0.2, 0.25) is 0 Å². The number of carbonyl (C=O) groups is 4. The molecular weight excluding hydrogens is 755 g/mol. The molecule has 12 nitrogen and oxygen atoms in total. The van der Waals surface area contributed by atoms with Crippen LogP contribution in [0.25, 0.3) is 11.3 Å². The van der Waals surface area contributed by atoms with E-state index in [9.17, 15) is 19.2 Å². The Labute approximate surface area is 327 Å². The molecule has 0 N–H and O–H groups in total. The Hall–Kier alpha value is -4.40. The van der Waals surface area contributed by atoms with Crippen molar-refractivity contribution in [1.29, 1.82) is 0 Å². The molecule has 1 fully saturated rings. The van der Waals surface area contributed by atoms with Crippen molar-refractivity contribution in [2.75, 3.05) is 0 Å².